The van der Waals surface area contributed by atoms with Crippen molar-refractivity contribution in [3.05, 3.63) is 28.8 Å². The first kappa shape index (κ1) is 13.0. The summed E-state index contributed by atoms with van der Waals surface area (Å²) >= 11 is 0. The summed E-state index contributed by atoms with van der Waals surface area (Å²) in [5.74, 6) is 0.299. The van der Waals surface area contributed by atoms with E-state index in [1.165, 1.54) is 6.26 Å². The molecule has 0 spiro atoms. The fourth-order valence-electron chi connectivity index (χ4n) is 1.61. The summed E-state index contributed by atoms with van der Waals surface area (Å²) in [5.41, 5.74) is 2.27. The molecule has 0 radical (unpaired) electrons. The van der Waals surface area contributed by atoms with Gasteiger partial charge in [-0.25, -0.2) is 8.42 Å². The molecule has 0 aromatic heterocycles. The lowest BCUT2D eigenvalue weighted by molar-refractivity contribution is 0.465. The molecule has 0 unspecified atom stereocenters. The summed E-state index contributed by atoms with van der Waals surface area (Å²) in [6.45, 7) is 5.86. The van der Waals surface area contributed by atoms with E-state index in [2.05, 4.69) is 0 Å². The SMILES string of the molecule is Cc1cc(C(C)C)cc(CS(C)(=O)=O)c1O. The monoisotopic (exact) mass is 242 g/mol. The molecular weight excluding hydrogens is 224 g/mol. The molecule has 1 aromatic carbocycles. The molecule has 0 saturated heterocycles. The van der Waals surface area contributed by atoms with E-state index in [4.69, 9.17) is 0 Å². The summed E-state index contributed by atoms with van der Waals surface area (Å²) in [6, 6.07) is 3.67. The van der Waals surface area contributed by atoms with Crippen LogP contribution in [-0.4, -0.2) is 19.8 Å². The number of hydrogen-bond acceptors (Lipinski definition) is 3. The van der Waals surface area contributed by atoms with Crippen LogP contribution in [0, 0.1) is 6.92 Å². The van der Waals surface area contributed by atoms with Gasteiger partial charge in [0.25, 0.3) is 0 Å². The van der Waals surface area contributed by atoms with Gasteiger partial charge in [-0.1, -0.05) is 26.0 Å². The highest BCUT2D eigenvalue weighted by atomic mass is 32.2. The van der Waals surface area contributed by atoms with Gasteiger partial charge in [-0.05, 0) is 24.0 Å². The van der Waals surface area contributed by atoms with Gasteiger partial charge in [-0.2, -0.15) is 0 Å². The maximum Gasteiger partial charge on any atom is 0.151 e. The average Bonchev–Trinajstić information content (AvgIpc) is 2.10. The summed E-state index contributed by atoms with van der Waals surface area (Å²) in [5, 5.41) is 9.80. The first-order valence-electron chi connectivity index (χ1n) is 5.21. The Labute approximate surface area is 97.0 Å². The molecule has 0 bridgehead atoms. The normalized spacial score (nSPS) is 12.1. The van der Waals surface area contributed by atoms with Crippen molar-refractivity contribution in [3.63, 3.8) is 0 Å². The fraction of sp³-hybridized carbons (Fsp3) is 0.500. The molecule has 4 heteroatoms. The highest BCUT2D eigenvalue weighted by molar-refractivity contribution is 7.89. The smallest absolute Gasteiger partial charge is 0.151 e. The van der Waals surface area contributed by atoms with Gasteiger partial charge in [-0.15, -0.1) is 0 Å². The van der Waals surface area contributed by atoms with Crippen molar-refractivity contribution in [1.82, 2.24) is 0 Å². The Bertz CT molecular complexity index is 487. The molecule has 0 atom stereocenters. The van der Waals surface area contributed by atoms with Crippen LogP contribution in [0.15, 0.2) is 12.1 Å². The summed E-state index contributed by atoms with van der Waals surface area (Å²) in [6.07, 6.45) is 1.17. The molecule has 16 heavy (non-hydrogen) atoms. The molecule has 3 nitrogen and oxygen atoms in total. The topological polar surface area (TPSA) is 54.4 Å². The predicted octanol–water partition coefficient (Wildman–Crippen LogP) is 2.37. The molecule has 0 amide bonds. The number of sulfone groups is 1. The molecule has 1 N–H and O–H groups in total. The zero-order valence-electron chi connectivity index (χ0n) is 10.1. The highest BCUT2D eigenvalue weighted by Crippen LogP contribution is 2.28. The molecule has 0 aliphatic heterocycles. The van der Waals surface area contributed by atoms with Crippen molar-refractivity contribution in [1.29, 1.82) is 0 Å². The molecule has 1 aromatic rings. The van der Waals surface area contributed by atoms with E-state index in [0.29, 0.717) is 11.5 Å². The second-order valence-electron chi connectivity index (χ2n) is 4.57. The number of phenols is 1. The molecule has 0 saturated carbocycles. The zero-order valence-corrected chi connectivity index (χ0v) is 10.9. The molecule has 0 aliphatic carbocycles. The number of rotatable bonds is 3. The molecule has 0 aliphatic rings. The zero-order chi connectivity index (χ0) is 12.5. The number of aromatic hydroxyl groups is 1. The maximum absolute atomic E-state index is 11.2. The largest absolute Gasteiger partial charge is 0.507 e. The van der Waals surface area contributed by atoms with E-state index >= 15 is 0 Å². The lowest BCUT2D eigenvalue weighted by Crippen LogP contribution is -2.03. The van der Waals surface area contributed by atoms with Gasteiger partial charge in [0.05, 0.1) is 5.75 Å². The Kier molecular flexibility index (Phi) is 3.63. The van der Waals surface area contributed by atoms with Crippen LogP contribution >= 0.6 is 0 Å². The Morgan fingerprint density at radius 1 is 1.31 bits per heavy atom. The summed E-state index contributed by atoms with van der Waals surface area (Å²) in [7, 11) is -3.12. The highest BCUT2D eigenvalue weighted by Gasteiger charge is 2.13. The Hall–Kier alpha value is -1.03. The number of phenolic OH excluding ortho intramolecular Hbond substituents is 1. The van der Waals surface area contributed by atoms with E-state index in [1.807, 2.05) is 19.9 Å². The van der Waals surface area contributed by atoms with Gasteiger partial charge in [0.1, 0.15) is 5.75 Å². The third-order valence-electron chi connectivity index (χ3n) is 2.49. The third-order valence-corrected chi connectivity index (χ3v) is 3.32. The molecule has 0 heterocycles. The third kappa shape index (κ3) is 3.23. The van der Waals surface area contributed by atoms with Crippen LogP contribution in [0.2, 0.25) is 0 Å². The van der Waals surface area contributed by atoms with Gasteiger partial charge in [0.2, 0.25) is 0 Å². The van der Waals surface area contributed by atoms with Crippen molar-refractivity contribution in [2.75, 3.05) is 6.26 Å². The Morgan fingerprint density at radius 3 is 2.31 bits per heavy atom. The predicted molar refractivity (Wildman–Crippen MR) is 65.5 cm³/mol. The van der Waals surface area contributed by atoms with Crippen molar-refractivity contribution in [3.8, 4) is 5.75 Å². The summed E-state index contributed by atoms with van der Waals surface area (Å²) < 4.78 is 22.5. The van der Waals surface area contributed by atoms with E-state index < -0.39 is 9.84 Å². The average molecular weight is 242 g/mol. The fourth-order valence-corrected chi connectivity index (χ4v) is 2.39. The molecule has 1 rings (SSSR count). The number of benzene rings is 1. The van der Waals surface area contributed by atoms with Gasteiger partial charge < -0.3 is 5.11 Å². The van der Waals surface area contributed by atoms with Gasteiger partial charge in [0.15, 0.2) is 9.84 Å². The van der Waals surface area contributed by atoms with Crippen LogP contribution in [-0.2, 0) is 15.6 Å². The standard InChI is InChI=1S/C12H18O3S/c1-8(2)10-5-9(3)12(13)11(6-10)7-16(4,14)15/h5-6,8,13H,7H2,1-4H3. The second kappa shape index (κ2) is 4.45. The van der Waals surface area contributed by atoms with Crippen LogP contribution < -0.4 is 0 Å². The molecule has 90 valence electrons. The maximum atomic E-state index is 11.2. The minimum Gasteiger partial charge on any atom is -0.507 e. The van der Waals surface area contributed by atoms with Crippen LogP contribution in [0.1, 0.15) is 36.5 Å². The first-order valence-corrected chi connectivity index (χ1v) is 7.27. The minimum absolute atomic E-state index is 0.0924. The second-order valence-corrected chi connectivity index (χ2v) is 6.71. The first-order chi connectivity index (χ1) is 7.20. The van der Waals surface area contributed by atoms with E-state index in [9.17, 15) is 13.5 Å². The van der Waals surface area contributed by atoms with E-state index in [-0.39, 0.29) is 11.5 Å². The quantitative estimate of drug-likeness (QED) is 0.885. The van der Waals surface area contributed by atoms with Crippen LogP contribution in [0.4, 0.5) is 0 Å². The van der Waals surface area contributed by atoms with Crippen molar-refractivity contribution in [2.45, 2.75) is 32.4 Å². The molecule has 0 fully saturated rings. The Morgan fingerprint density at radius 2 is 1.88 bits per heavy atom. The van der Waals surface area contributed by atoms with Crippen LogP contribution in [0.5, 0.6) is 5.75 Å². The van der Waals surface area contributed by atoms with Crippen molar-refractivity contribution >= 4 is 9.84 Å². The van der Waals surface area contributed by atoms with Gasteiger partial charge in [-0.3, -0.25) is 0 Å². The van der Waals surface area contributed by atoms with Gasteiger partial charge >= 0.3 is 0 Å². The minimum atomic E-state index is -3.12. The summed E-state index contributed by atoms with van der Waals surface area (Å²) in [4.78, 5) is 0. The van der Waals surface area contributed by atoms with E-state index in [1.54, 1.807) is 13.0 Å². The van der Waals surface area contributed by atoms with Crippen LogP contribution in [0.25, 0.3) is 0 Å². The van der Waals surface area contributed by atoms with E-state index in [0.717, 1.165) is 11.1 Å². The lowest BCUT2D eigenvalue weighted by Gasteiger charge is -2.12. The van der Waals surface area contributed by atoms with Gasteiger partial charge in [0, 0.05) is 11.8 Å². The molecular formula is C12H18O3S. The van der Waals surface area contributed by atoms with Crippen molar-refractivity contribution < 1.29 is 13.5 Å². The lowest BCUT2D eigenvalue weighted by atomic mass is 9.98. The van der Waals surface area contributed by atoms with Crippen LogP contribution in [0.3, 0.4) is 0 Å². The van der Waals surface area contributed by atoms with Crippen molar-refractivity contribution in [2.24, 2.45) is 0 Å². The number of hydrogen-bond donors (Lipinski definition) is 1. The number of aryl methyl sites for hydroxylation is 1. The Balaban J connectivity index is 3.27.